The van der Waals surface area contributed by atoms with Gasteiger partial charge in [-0.1, -0.05) is 54.1 Å². The molecule has 2 rings (SSSR count). The van der Waals surface area contributed by atoms with Gasteiger partial charge in [-0.25, -0.2) is 0 Å². The molecule has 0 aliphatic rings. The van der Waals surface area contributed by atoms with Crippen molar-refractivity contribution in [2.75, 3.05) is 7.11 Å². The van der Waals surface area contributed by atoms with Gasteiger partial charge < -0.3 is 9.84 Å². The molecule has 0 spiro atoms. The Labute approximate surface area is 118 Å². The summed E-state index contributed by atoms with van der Waals surface area (Å²) < 4.78 is 5.42. The van der Waals surface area contributed by atoms with Gasteiger partial charge in [0.15, 0.2) is 0 Å². The van der Waals surface area contributed by atoms with Crippen LogP contribution < -0.4 is 0 Å². The molecule has 0 bridgehead atoms. The van der Waals surface area contributed by atoms with Crippen molar-refractivity contribution in [3.8, 4) is 0 Å². The largest absolute Gasteiger partial charge is 0.390 e. The summed E-state index contributed by atoms with van der Waals surface area (Å²) in [6, 6.07) is 17.2. The van der Waals surface area contributed by atoms with Crippen LogP contribution in [0.25, 0.3) is 0 Å². The highest BCUT2D eigenvalue weighted by atomic mass is 35.5. The van der Waals surface area contributed by atoms with Gasteiger partial charge >= 0.3 is 0 Å². The van der Waals surface area contributed by atoms with Gasteiger partial charge in [-0.15, -0.1) is 0 Å². The number of benzene rings is 2. The Bertz CT molecular complexity index is 496. The molecule has 2 atom stereocenters. The topological polar surface area (TPSA) is 29.5 Å². The standard InChI is InChI=1S/C16H17ClO2/c1-19-16(13-5-3-2-4-6-13)15(18)11-12-7-9-14(17)10-8-12/h2-10,15-16,18H,11H2,1H3. The van der Waals surface area contributed by atoms with Crippen molar-refractivity contribution >= 4 is 11.6 Å². The minimum atomic E-state index is -0.589. The molecule has 0 aliphatic heterocycles. The molecule has 0 radical (unpaired) electrons. The van der Waals surface area contributed by atoms with Crippen molar-refractivity contribution in [2.45, 2.75) is 18.6 Å². The molecule has 0 fully saturated rings. The molecule has 3 heteroatoms. The van der Waals surface area contributed by atoms with Gasteiger partial charge in [0.2, 0.25) is 0 Å². The van der Waals surface area contributed by atoms with Crippen LogP contribution in [0.1, 0.15) is 17.2 Å². The van der Waals surface area contributed by atoms with E-state index in [0.29, 0.717) is 11.4 Å². The summed E-state index contributed by atoms with van der Waals surface area (Å²) in [5, 5.41) is 11.0. The lowest BCUT2D eigenvalue weighted by Gasteiger charge is -2.22. The number of ether oxygens (including phenoxy) is 1. The SMILES string of the molecule is COC(c1ccccc1)C(O)Cc1ccc(Cl)cc1. The molecule has 2 aromatic rings. The molecule has 0 amide bonds. The molecule has 100 valence electrons. The average Bonchev–Trinajstić information content (AvgIpc) is 2.43. The molecular formula is C16H17ClO2. The van der Waals surface area contributed by atoms with Crippen molar-refractivity contribution in [1.82, 2.24) is 0 Å². The zero-order valence-electron chi connectivity index (χ0n) is 10.8. The minimum Gasteiger partial charge on any atom is -0.390 e. The monoisotopic (exact) mass is 276 g/mol. The third-order valence-corrected chi connectivity index (χ3v) is 3.34. The fraction of sp³-hybridized carbons (Fsp3) is 0.250. The van der Waals surface area contributed by atoms with E-state index in [4.69, 9.17) is 16.3 Å². The van der Waals surface area contributed by atoms with E-state index in [1.54, 1.807) is 7.11 Å². The summed E-state index contributed by atoms with van der Waals surface area (Å²) in [5.41, 5.74) is 2.02. The smallest absolute Gasteiger partial charge is 0.108 e. The summed E-state index contributed by atoms with van der Waals surface area (Å²) in [6.45, 7) is 0. The first-order chi connectivity index (χ1) is 9.20. The van der Waals surface area contributed by atoms with E-state index in [2.05, 4.69) is 0 Å². The number of aliphatic hydroxyl groups excluding tert-OH is 1. The van der Waals surface area contributed by atoms with Crippen LogP contribution in [0.3, 0.4) is 0 Å². The normalized spacial score (nSPS) is 14.1. The Kier molecular flexibility index (Phi) is 4.97. The molecule has 0 aromatic heterocycles. The number of halogens is 1. The maximum absolute atomic E-state index is 10.3. The second-order valence-electron chi connectivity index (χ2n) is 4.46. The van der Waals surface area contributed by atoms with Crippen LogP contribution in [0.4, 0.5) is 0 Å². The summed E-state index contributed by atoms with van der Waals surface area (Å²) in [5.74, 6) is 0. The van der Waals surface area contributed by atoms with E-state index in [1.165, 1.54) is 0 Å². The summed E-state index contributed by atoms with van der Waals surface area (Å²) in [7, 11) is 1.61. The highest BCUT2D eigenvalue weighted by molar-refractivity contribution is 6.30. The number of aliphatic hydroxyl groups is 1. The fourth-order valence-electron chi connectivity index (χ4n) is 2.13. The number of hydrogen-bond donors (Lipinski definition) is 1. The van der Waals surface area contributed by atoms with Crippen LogP contribution in [-0.4, -0.2) is 18.3 Å². The first-order valence-electron chi connectivity index (χ1n) is 6.21. The van der Waals surface area contributed by atoms with Gasteiger partial charge in [0.25, 0.3) is 0 Å². The van der Waals surface area contributed by atoms with E-state index >= 15 is 0 Å². The van der Waals surface area contributed by atoms with Crippen molar-refractivity contribution < 1.29 is 9.84 Å². The Morgan fingerprint density at radius 3 is 2.26 bits per heavy atom. The fourth-order valence-corrected chi connectivity index (χ4v) is 2.25. The molecule has 2 aromatic carbocycles. The molecule has 0 heterocycles. The lowest BCUT2D eigenvalue weighted by atomic mass is 9.98. The number of rotatable bonds is 5. The van der Waals surface area contributed by atoms with E-state index < -0.39 is 6.10 Å². The molecule has 0 saturated heterocycles. The van der Waals surface area contributed by atoms with Crippen molar-refractivity contribution in [3.05, 3.63) is 70.7 Å². The molecule has 0 aliphatic carbocycles. The second kappa shape index (κ2) is 6.71. The highest BCUT2D eigenvalue weighted by Gasteiger charge is 2.20. The van der Waals surface area contributed by atoms with Crippen LogP contribution in [-0.2, 0) is 11.2 Å². The van der Waals surface area contributed by atoms with Gasteiger partial charge in [-0.05, 0) is 23.3 Å². The Morgan fingerprint density at radius 2 is 1.68 bits per heavy atom. The molecule has 1 N–H and O–H groups in total. The second-order valence-corrected chi connectivity index (χ2v) is 4.90. The lowest BCUT2D eigenvalue weighted by Crippen LogP contribution is -2.22. The third-order valence-electron chi connectivity index (χ3n) is 3.09. The third kappa shape index (κ3) is 3.80. The van der Waals surface area contributed by atoms with Crippen LogP contribution >= 0.6 is 11.6 Å². The van der Waals surface area contributed by atoms with Crippen molar-refractivity contribution in [1.29, 1.82) is 0 Å². The van der Waals surface area contributed by atoms with Crippen molar-refractivity contribution in [2.24, 2.45) is 0 Å². The summed E-state index contributed by atoms with van der Waals surface area (Å²) >= 11 is 5.85. The van der Waals surface area contributed by atoms with Crippen molar-refractivity contribution in [3.63, 3.8) is 0 Å². The first kappa shape index (κ1) is 14.1. The Morgan fingerprint density at radius 1 is 1.05 bits per heavy atom. The van der Waals surface area contributed by atoms with Crippen LogP contribution in [0.15, 0.2) is 54.6 Å². The van der Waals surface area contributed by atoms with Gasteiger partial charge in [0, 0.05) is 18.6 Å². The van der Waals surface area contributed by atoms with Crippen LogP contribution in [0, 0.1) is 0 Å². The predicted octanol–water partition coefficient (Wildman–Crippen LogP) is 3.63. The highest BCUT2D eigenvalue weighted by Crippen LogP contribution is 2.23. The predicted molar refractivity (Wildman–Crippen MR) is 77.4 cm³/mol. The lowest BCUT2D eigenvalue weighted by molar-refractivity contribution is -0.0128. The Balaban J connectivity index is 2.09. The minimum absolute atomic E-state index is 0.322. The zero-order chi connectivity index (χ0) is 13.7. The summed E-state index contributed by atoms with van der Waals surface area (Å²) in [6.07, 6.45) is -0.379. The quantitative estimate of drug-likeness (QED) is 0.904. The molecule has 2 unspecified atom stereocenters. The van der Waals surface area contributed by atoms with Gasteiger partial charge in [0.1, 0.15) is 6.10 Å². The molecule has 0 saturated carbocycles. The van der Waals surface area contributed by atoms with Gasteiger partial charge in [-0.2, -0.15) is 0 Å². The average molecular weight is 277 g/mol. The van der Waals surface area contributed by atoms with E-state index in [0.717, 1.165) is 11.1 Å². The summed E-state index contributed by atoms with van der Waals surface area (Å²) in [4.78, 5) is 0. The first-order valence-corrected chi connectivity index (χ1v) is 6.58. The Hall–Kier alpha value is -1.35. The molecular weight excluding hydrogens is 260 g/mol. The zero-order valence-corrected chi connectivity index (χ0v) is 11.5. The maximum Gasteiger partial charge on any atom is 0.108 e. The van der Waals surface area contributed by atoms with E-state index in [1.807, 2.05) is 54.6 Å². The number of methoxy groups -OCH3 is 1. The van der Waals surface area contributed by atoms with E-state index in [9.17, 15) is 5.11 Å². The van der Waals surface area contributed by atoms with E-state index in [-0.39, 0.29) is 6.10 Å². The van der Waals surface area contributed by atoms with Gasteiger partial charge in [-0.3, -0.25) is 0 Å². The van der Waals surface area contributed by atoms with Crippen LogP contribution in [0.2, 0.25) is 5.02 Å². The molecule has 2 nitrogen and oxygen atoms in total. The number of hydrogen-bond acceptors (Lipinski definition) is 2. The van der Waals surface area contributed by atoms with Gasteiger partial charge in [0.05, 0.1) is 6.10 Å². The van der Waals surface area contributed by atoms with Crippen LogP contribution in [0.5, 0.6) is 0 Å². The molecule has 19 heavy (non-hydrogen) atoms. The maximum atomic E-state index is 10.3.